The van der Waals surface area contributed by atoms with Crippen molar-refractivity contribution in [3.05, 3.63) is 0 Å². The maximum atomic E-state index is 5.17. The molecule has 0 amide bonds. The third-order valence-corrected chi connectivity index (χ3v) is 3.04. The van der Waals surface area contributed by atoms with Gasteiger partial charge in [0.05, 0.1) is 6.61 Å². The molecule has 66 valence electrons. The average Bonchev–Trinajstić information content (AvgIpc) is 2.19. The van der Waals surface area contributed by atoms with Crippen molar-refractivity contribution in [2.24, 2.45) is 5.92 Å². The van der Waals surface area contributed by atoms with Crippen LogP contribution in [0.5, 0.6) is 0 Å². The summed E-state index contributed by atoms with van der Waals surface area (Å²) in [4.78, 5) is 2.43. The van der Waals surface area contributed by atoms with Crippen LogP contribution < -0.4 is 0 Å². The zero-order valence-electron chi connectivity index (χ0n) is 8.00. The zero-order chi connectivity index (χ0) is 8.43. The second-order valence-electron chi connectivity index (χ2n) is 3.71. The first-order valence-electron chi connectivity index (χ1n) is 4.37. The molecule has 2 heteroatoms. The van der Waals surface area contributed by atoms with Crippen molar-refractivity contribution in [3.63, 3.8) is 0 Å². The molecule has 0 bridgehead atoms. The summed E-state index contributed by atoms with van der Waals surface area (Å²) in [7, 11) is 3.99. The molecule has 1 heterocycles. The molecular weight excluding hydrogens is 138 g/mol. The minimum atomic E-state index is 0.685. The highest BCUT2D eigenvalue weighted by molar-refractivity contribution is 4.86. The number of methoxy groups -OCH3 is 1. The minimum Gasteiger partial charge on any atom is -0.384 e. The Morgan fingerprint density at radius 3 is 2.45 bits per heavy atom. The summed E-state index contributed by atoms with van der Waals surface area (Å²) in [5.74, 6) is 0.736. The fraction of sp³-hybridized carbons (Fsp3) is 1.00. The Labute approximate surface area is 69.5 Å². The lowest BCUT2D eigenvalue weighted by Gasteiger charge is -2.21. The highest BCUT2D eigenvalue weighted by Crippen LogP contribution is 2.27. The van der Waals surface area contributed by atoms with Gasteiger partial charge in [-0.3, -0.25) is 0 Å². The van der Waals surface area contributed by atoms with Crippen molar-refractivity contribution in [3.8, 4) is 0 Å². The van der Waals surface area contributed by atoms with Gasteiger partial charge in [0.2, 0.25) is 0 Å². The minimum absolute atomic E-state index is 0.685. The maximum Gasteiger partial charge on any atom is 0.0505 e. The van der Waals surface area contributed by atoms with E-state index >= 15 is 0 Å². The van der Waals surface area contributed by atoms with E-state index in [-0.39, 0.29) is 0 Å². The van der Waals surface area contributed by atoms with Crippen LogP contribution in [0.2, 0.25) is 0 Å². The van der Waals surface area contributed by atoms with E-state index in [0.29, 0.717) is 6.04 Å². The topological polar surface area (TPSA) is 12.5 Å². The lowest BCUT2D eigenvalue weighted by molar-refractivity contribution is 0.134. The summed E-state index contributed by atoms with van der Waals surface area (Å²) in [6.45, 7) is 5.48. The average molecular weight is 157 g/mol. The Morgan fingerprint density at radius 2 is 2.09 bits per heavy atom. The lowest BCUT2D eigenvalue weighted by atomic mass is 10.0. The Kier molecular flexibility index (Phi) is 2.90. The van der Waals surface area contributed by atoms with Crippen molar-refractivity contribution in [2.75, 3.05) is 20.8 Å². The van der Waals surface area contributed by atoms with E-state index in [2.05, 4.69) is 25.8 Å². The monoisotopic (exact) mass is 157 g/mol. The molecule has 0 aliphatic carbocycles. The SMILES string of the molecule is COCC1C[C@@H](C)N(C)C1C. The van der Waals surface area contributed by atoms with E-state index in [1.54, 1.807) is 7.11 Å². The number of rotatable bonds is 2. The van der Waals surface area contributed by atoms with E-state index in [1.165, 1.54) is 6.42 Å². The summed E-state index contributed by atoms with van der Waals surface area (Å²) < 4.78 is 5.17. The molecule has 2 unspecified atom stereocenters. The van der Waals surface area contributed by atoms with E-state index in [4.69, 9.17) is 4.74 Å². The first-order valence-corrected chi connectivity index (χ1v) is 4.37. The maximum absolute atomic E-state index is 5.17. The van der Waals surface area contributed by atoms with Crippen LogP contribution in [0, 0.1) is 5.92 Å². The molecule has 1 aliphatic rings. The molecule has 0 aromatic carbocycles. The van der Waals surface area contributed by atoms with Crippen molar-refractivity contribution in [1.82, 2.24) is 4.90 Å². The van der Waals surface area contributed by atoms with Gasteiger partial charge >= 0.3 is 0 Å². The highest BCUT2D eigenvalue weighted by Gasteiger charge is 2.32. The van der Waals surface area contributed by atoms with Crippen LogP contribution >= 0.6 is 0 Å². The summed E-state index contributed by atoms with van der Waals surface area (Å²) in [5, 5.41) is 0. The number of hydrogen-bond acceptors (Lipinski definition) is 2. The Balaban J connectivity index is 2.45. The third kappa shape index (κ3) is 1.74. The molecule has 0 aromatic rings. The molecular formula is C9H19NO. The molecule has 0 N–H and O–H groups in total. The van der Waals surface area contributed by atoms with Gasteiger partial charge in [-0.05, 0) is 33.2 Å². The lowest BCUT2D eigenvalue weighted by Crippen LogP contribution is -2.30. The Morgan fingerprint density at radius 1 is 1.45 bits per heavy atom. The van der Waals surface area contributed by atoms with Crippen LogP contribution in [0.4, 0.5) is 0 Å². The molecule has 11 heavy (non-hydrogen) atoms. The van der Waals surface area contributed by atoms with Gasteiger partial charge in [-0.25, -0.2) is 0 Å². The molecule has 0 aromatic heterocycles. The van der Waals surface area contributed by atoms with Crippen LogP contribution in [0.25, 0.3) is 0 Å². The van der Waals surface area contributed by atoms with Gasteiger partial charge in [-0.15, -0.1) is 0 Å². The Bertz CT molecular complexity index is 127. The van der Waals surface area contributed by atoms with E-state index < -0.39 is 0 Å². The molecule has 1 fully saturated rings. The van der Waals surface area contributed by atoms with Gasteiger partial charge in [0.15, 0.2) is 0 Å². The molecule has 1 saturated heterocycles. The van der Waals surface area contributed by atoms with E-state index in [0.717, 1.165) is 18.6 Å². The number of nitrogens with zero attached hydrogens (tertiary/aromatic N) is 1. The molecule has 1 aliphatic heterocycles. The second kappa shape index (κ2) is 3.55. The summed E-state index contributed by atoms with van der Waals surface area (Å²) in [5.41, 5.74) is 0. The van der Waals surface area contributed by atoms with Gasteiger partial charge in [-0.2, -0.15) is 0 Å². The number of hydrogen-bond donors (Lipinski definition) is 0. The van der Waals surface area contributed by atoms with Gasteiger partial charge < -0.3 is 9.64 Å². The van der Waals surface area contributed by atoms with Crippen LogP contribution in [-0.4, -0.2) is 37.7 Å². The predicted molar refractivity (Wildman–Crippen MR) is 46.7 cm³/mol. The largest absolute Gasteiger partial charge is 0.384 e. The molecule has 0 saturated carbocycles. The van der Waals surface area contributed by atoms with Crippen molar-refractivity contribution >= 4 is 0 Å². The Hall–Kier alpha value is -0.0800. The van der Waals surface area contributed by atoms with Gasteiger partial charge in [-0.1, -0.05) is 0 Å². The van der Waals surface area contributed by atoms with Crippen LogP contribution in [-0.2, 0) is 4.74 Å². The van der Waals surface area contributed by atoms with Crippen molar-refractivity contribution in [2.45, 2.75) is 32.4 Å². The highest BCUT2D eigenvalue weighted by atomic mass is 16.5. The molecule has 1 rings (SSSR count). The number of likely N-dealkylation sites (tertiary alicyclic amines) is 1. The van der Waals surface area contributed by atoms with E-state index in [9.17, 15) is 0 Å². The van der Waals surface area contributed by atoms with Crippen LogP contribution in [0.1, 0.15) is 20.3 Å². The van der Waals surface area contributed by atoms with Crippen molar-refractivity contribution < 1.29 is 4.74 Å². The second-order valence-corrected chi connectivity index (χ2v) is 3.71. The standard InChI is InChI=1S/C9H19NO/c1-7-5-9(6-11-4)8(2)10(7)3/h7-9H,5-6H2,1-4H3/t7-,8?,9?/m1/s1. The van der Waals surface area contributed by atoms with Gasteiger partial charge in [0, 0.05) is 19.2 Å². The van der Waals surface area contributed by atoms with Crippen LogP contribution in [0.15, 0.2) is 0 Å². The molecule has 0 spiro atoms. The summed E-state index contributed by atoms with van der Waals surface area (Å²) in [6.07, 6.45) is 1.28. The van der Waals surface area contributed by atoms with Crippen LogP contribution in [0.3, 0.4) is 0 Å². The predicted octanol–water partition coefficient (Wildman–Crippen LogP) is 1.36. The smallest absolute Gasteiger partial charge is 0.0505 e. The molecule has 2 nitrogen and oxygen atoms in total. The first kappa shape index (κ1) is 9.01. The van der Waals surface area contributed by atoms with Gasteiger partial charge in [0.25, 0.3) is 0 Å². The fourth-order valence-electron chi connectivity index (χ4n) is 1.96. The van der Waals surface area contributed by atoms with Gasteiger partial charge in [0.1, 0.15) is 0 Å². The third-order valence-electron chi connectivity index (χ3n) is 3.04. The normalized spacial score (nSPS) is 39.8. The summed E-state index contributed by atoms with van der Waals surface area (Å²) in [6, 6.07) is 1.41. The molecule has 0 radical (unpaired) electrons. The van der Waals surface area contributed by atoms with E-state index in [1.807, 2.05) is 0 Å². The number of ether oxygens (including phenoxy) is 1. The first-order chi connectivity index (χ1) is 5.16. The van der Waals surface area contributed by atoms with Crippen molar-refractivity contribution in [1.29, 1.82) is 0 Å². The quantitative estimate of drug-likeness (QED) is 0.600. The zero-order valence-corrected chi connectivity index (χ0v) is 8.00. The summed E-state index contributed by atoms with van der Waals surface area (Å²) >= 11 is 0. The fourth-order valence-corrected chi connectivity index (χ4v) is 1.96. The molecule has 3 atom stereocenters.